The Balaban J connectivity index is 1.48. The molecule has 0 bridgehead atoms. The van der Waals surface area contributed by atoms with Crippen molar-refractivity contribution in [3.63, 3.8) is 0 Å². The van der Waals surface area contributed by atoms with Crippen LogP contribution in [0.25, 0.3) is 11.1 Å². The Morgan fingerprint density at radius 1 is 0.935 bits per heavy atom. The summed E-state index contributed by atoms with van der Waals surface area (Å²) < 4.78 is 10.7. The third kappa shape index (κ3) is 6.71. The Morgan fingerprint density at radius 3 is 2.19 bits per heavy atom. The van der Waals surface area contributed by atoms with Gasteiger partial charge in [0.15, 0.2) is 12.7 Å². The van der Waals surface area contributed by atoms with Gasteiger partial charge in [-0.3, -0.25) is 4.79 Å². The number of hydrazone groups is 1. The number of carboxylic acids is 1. The summed E-state index contributed by atoms with van der Waals surface area (Å²) in [5, 5.41) is 12.5. The number of ether oxygens (including phenoxy) is 2. The number of rotatable bonds is 9. The summed E-state index contributed by atoms with van der Waals surface area (Å²) in [4.78, 5) is 22.7. The van der Waals surface area contributed by atoms with Crippen LogP contribution in [0.15, 0.2) is 84.0 Å². The second kappa shape index (κ2) is 10.6. The van der Waals surface area contributed by atoms with Gasteiger partial charge in [0.1, 0.15) is 11.5 Å². The fourth-order valence-corrected chi connectivity index (χ4v) is 2.67. The normalized spacial score (nSPS) is 11.6. The monoisotopic (exact) mass is 418 g/mol. The molecule has 0 fully saturated rings. The van der Waals surface area contributed by atoms with Gasteiger partial charge in [0.05, 0.1) is 6.21 Å². The van der Waals surface area contributed by atoms with Gasteiger partial charge >= 0.3 is 5.97 Å². The molecule has 0 unspecified atom stereocenters. The van der Waals surface area contributed by atoms with E-state index < -0.39 is 18.7 Å². The average molecular weight is 418 g/mol. The zero-order chi connectivity index (χ0) is 22.1. The van der Waals surface area contributed by atoms with E-state index in [1.807, 2.05) is 54.6 Å². The molecule has 1 atom stereocenters. The minimum absolute atomic E-state index is 0.384. The SMILES string of the molecule is C[C@H](Oc1ccc(-c2ccccc2)cc1)C(=O)N/N=C\c1ccc(OCC(=O)O)cc1. The van der Waals surface area contributed by atoms with Crippen molar-refractivity contribution in [1.29, 1.82) is 0 Å². The van der Waals surface area contributed by atoms with Crippen LogP contribution in [-0.2, 0) is 9.59 Å². The number of carbonyl (C=O) groups excluding carboxylic acids is 1. The van der Waals surface area contributed by atoms with Gasteiger partial charge in [0.2, 0.25) is 0 Å². The van der Waals surface area contributed by atoms with Crippen LogP contribution >= 0.6 is 0 Å². The molecule has 0 aliphatic heterocycles. The summed E-state index contributed by atoms with van der Waals surface area (Å²) in [6, 6.07) is 24.1. The molecule has 0 heterocycles. The molecular weight excluding hydrogens is 396 g/mol. The summed E-state index contributed by atoms with van der Waals surface area (Å²) >= 11 is 0. The Morgan fingerprint density at radius 2 is 1.55 bits per heavy atom. The van der Waals surface area contributed by atoms with Crippen molar-refractivity contribution in [2.24, 2.45) is 5.10 Å². The Bertz CT molecular complexity index is 1030. The number of amides is 1. The van der Waals surface area contributed by atoms with Gasteiger partial charge in [0, 0.05) is 0 Å². The van der Waals surface area contributed by atoms with Crippen molar-refractivity contribution in [2.45, 2.75) is 13.0 Å². The van der Waals surface area contributed by atoms with Crippen LogP contribution in [0, 0.1) is 0 Å². The zero-order valence-electron chi connectivity index (χ0n) is 16.9. The largest absolute Gasteiger partial charge is 0.482 e. The van der Waals surface area contributed by atoms with Crippen LogP contribution in [0.2, 0.25) is 0 Å². The predicted octanol–water partition coefficient (Wildman–Crippen LogP) is 3.73. The number of aliphatic carboxylic acids is 1. The second-order valence-electron chi connectivity index (χ2n) is 6.64. The van der Waals surface area contributed by atoms with Crippen LogP contribution in [0.5, 0.6) is 11.5 Å². The molecule has 0 aromatic heterocycles. The van der Waals surface area contributed by atoms with Gasteiger partial charge in [0.25, 0.3) is 5.91 Å². The van der Waals surface area contributed by atoms with Crippen molar-refractivity contribution in [3.8, 4) is 22.6 Å². The number of hydrogen-bond acceptors (Lipinski definition) is 5. The van der Waals surface area contributed by atoms with Gasteiger partial charge in [-0.25, -0.2) is 10.2 Å². The molecule has 2 N–H and O–H groups in total. The summed E-state index contributed by atoms with van der Waals surface area (Å²) in [5.74, 6) is -0.409. The molecule has 0 aliphatic carbocycles. The van der Waals surface area contributed by atoms with E-state index in [-0.39, 0.29) is 5.91 Å². The number of carbonyl (C=O) groups is 2. The van der Waals surface area contributed by atoms with E-state index in [4.69, 9.17) is 14.6 Å². The van der Waals surface area contributed by atoms with E-state index in [2.05, 4.69) is 10.5 Å². The highest BCUT2D eigenvalue weighted by Gasteiger charge is 2.14. The van der Waals surface area contributed by atoms with Crippen LogP contribution in [0.1, 0.15) is 12.5 Å². The van der Waals surface area contributed by atoms with E-state index >= 15 is 0 Å². The minimum atomic E-state index is -1.04. The van der Waals surface area contributed by atoms with Crippen molar-refractivity contribution in [3.05, 3.63) is 84.4 Å². The van der Waals surface area contributed by atoms with Crippen molar-refractivity contribution < 1.29 is 24.2 Å². The fraction of sp³-hybridized carbons (Fsp3) is 0.125. The lowest BCUT2D eigenvalue weighted by atomic mass is 10.1. The highest BCUT2D eigenvalue weighted by Crippen LogP contribution is 2.22. The molecule has 0 aliphatic rings. The van der Waals surface area contributed by atoms with Crippen LogP contribution in [0.4, 0.5) is 0 Å². The molecule has 31 heavy (non-hydrogen) atoms. The topological polar surface area (TPSA) is 97.2 Å². The Labute approximate surface area is 179 Å². The van der Waals surface area contributed by atoms with E-state index in [0.717, 1.165) is 11.1 Å². The first-order chi connectivity index (χ1) is 15.0. The smallest absolute Gasteiger partial charge is 0.341 e. The number of hydrogen-bond donors (Lipinski definition) is 2. The van der Waals surface area contributed by atoms with Gasteiger partial charge in [-0.05, 0) is 60.0 Å². The van der Waals surface area contributed by atoms with E-state index in [9.17, 15) is 9.59 Å². The first kappa shape index (κ1) is 21.6. The molecule has 0 saturated heterocycles. The first-order valence-corrected chi connectivity index (χ1v) is 9.61. The average Bonchev–Trinajstić information content (AvgIpc) is 2.79. The highest BCUT2D eigenvalue weighted by atomic mass is 16.5. The van der Waals surface area contributed by atoms with Crippen molar-refractivity contribution in [2.75, 3.05) is 6.61 Å². The van der Waals surface area contributed by atoms with Gasteiger partial charge in [-0.15, -0.1) is 0 Å². The quantitative estimate of drug-likeness (QED) is 0.408. The number of nitrogens with zero attached hydrogens (tertiary/aromatic N) is 1. The second-order valence-corrected chi connectivity index (χ2v) is 6.64. The molecular formula is C24H22N2O5. The Kier molecular flexibility index (Phi) is 7.37. The molecule has 158 valence electrons. The maximum Gasteiger partial charge on any atom is 0.341 e. The van der Waals surface area contributed by atoms with Gasteiger partial charge < -0.3 is 14.6 Å². The van der Waals surface area contributed by atoms with Crippen LogP contribution in [-0.4, -0.2) is 35.9 Å². The molecule has 3 rings (SSSR count). The maximum atomic E-state index is 12.2. The lowest BCUT2D eigenvalue weighted by Crippen LogP contribution is -2.33. The molecule has 0 spiro atoms. The summed E-state index contributed by atoms with van der Waals surface area (Å²) in [6.07, 6.45) is 0.742. The molecule has 7 nitrogen and oxygen atoms in total. The number of benzene rings is 3. The van der Waals surface area contributed by atoms with Gasteiger partial charge in [-0.2, -0.15) is 5.10 Å². The maximum absolute atomic E-state index is 12.2. The summed E-state index contributed by atoms with van der Waals surface area (Å²) in [6.45, 7) is 1.24. The molecule has 1 amide bonds. The summed E-state index contributed by atoms with van der Waals surface area (Å²) in [7, 11) is 0. The summed E-state index contributed by atoms with van der Waals surface area (Å²) in [5.41, 5.74) is 5.33. The van der Waals surface area contributed by atoms with Crippen molar-refractivity contribution in [1.82, 2.24) is 5.43 Å². The third-order valence-corrected chi connectivity index (χ3v) is 4.27. The molecule has 0 radical (unpaired) electrons. The molecule has 3 aromatic carbocycles. The number of carboxylic acid groups (broad SMARTS) is 1. The number of nitrogens with one attached hydrogen (secondary N) is 1. The first-order valence-electron chi connectivity index (χ1n) is 9.61. The van der Waals surface area contributed by atoms with E-state index in [0.29, 0.717) is 17.1 Å². The molecule has 7 heteroatoms. The molecule has 0 saturated carbocycles. The zero-order valence-corrected chi connectivity index (χ0v) is 16.9. The predicted molar refractivity (Wildman–Crippen MR) is 117 cm³/mol. The van der Waals surface area contributed by atoms with Crippen molar-refractivity contribution >= 4 is 18.1 Å². The van der Waals surface area contributed by atoms with Crippen LogP contribution in [0.3, 0.4) is 0 Å². The fourth-order valence-electron chi connectivity index (χ4n) is 2.67. The Hall–Kier alpha value is -4.13. The van der Waals surface area contributed by atoms with Gasteiger partial charge in [-0.1, -0.05) is 42.5 Å². The minimum Gasteiger partial charge on any atom is -0.482 e. The third-order valence-electron chi connectivity index (χ3n) is 4.27. The standard InChI is InChI=1S/C24H22N2O5/c1-17(31-22-13-9-20(10-14-22)19-5-3-2-4-6-19)24(29)26-25-15-18-7-11-21(12-8-18)30-16-23(27)28/h2-15,17H,16H2,1H3,(H,26,29)(H,27,28)/b25-15-/t17-/m0/s1. The lowest BCUT2D eigenvalue weighted by Gasteiger charge is -2.13. The lowest BCUT2D eigenvalue weighted by molar-refractivity contribution is -0.139. The molecule has 3 aromatic rings. The highest BCUT2D eigenvalue weighted by molar-refractivity contribution is 5.84. The van der Waals surface area contributed by atoms with E-state index in [1.165, 1.54) is 6.21 Å². The van der Waals surface area contributed by atoms with Crippen LogP contribution < -0.4 is 14.9 Å². The van der Waals surface area contributed by atoms with E-state index in [1.54, 1.807) is 31.2 Å².